The molecule has 0 saturated carbocycles. The maximum atomic E-state index is 9.10. The van der Waals surface area contributed by atoms with Crippen LogP contribution in [0.1, 0.15) is 37.5 Å². The summed E-state index contributed by atoms with van der Waals surface area (Å²) in [6.45, 7) is 14.4. The van der Waals surface area contributed by atoms with Crippen LogP contribution in [0.2, 0.25) is 0 Å². The Balaban J connectivity index is 0.000000688. The van der Waals surface area contributed by atoms with E-state index in [2.05, 4.69) is 59.0 Å². The van der Waals surface area contributed by atoms with Crippen molar-refractivity contribution in [3.05, 3.63) is 28.8 Å². The number of carboxylic acids is 2. The van der Waals surface area contributed by atoms with Gasteiger partial charge in [0.15, 0.2) is 0 Å². The van der Waals surface area contributed by atoms with Crippen LogP contribution < -0.4 is 10.1 Å². The Bertz CT molecular complexity index is 535. The van der Waals surface area contributed by atoms with E-state index in [1.54, 1.807) is 0 Å². The van der Waals surface area contributed by atoms with E-state index in [1.165, 1.54) is 16.7 Å². The summed E-state index contributed by atoms with van der Waals surface area (Å²) >= 11 is 0. The third-order valence-electron chi connectivity index (χ3n) is 2.96. The van der Waals surface area contributed by atoms with Gasteiger partial charge in [-0.3, -0.25) is 0 Å². The summed E-state index contributed by atoms with van der Waals surface area (Å²) in [7, 11) is 0. The fourth-order valence-corrected chi connectivity index (χ4v) is 1.74. The highest BCUT2D eigenvalue weighted by atomic mass is 16.5. The molecule has 0 unspecified atom stereocenters. The lowest BCUT2D eigenvalue weighted by Gasteiger charge is -2.21. The zero-order valence-corrected chi connectivity index (χ0v) is 14.7. The molecule has 0 saturated heterocycles. The Kier molecular flexibility index (Phi) is 8.32. The molecule has 0 heterocycles. The average molecular weight is 325 g/mol. The van der Waals surface area contributed by atoms with E-state index in [0.717, 1.165) is 12.3 Å². The Labute approximate surface area is 137 Å². The van der Waals surface area contributed by atoms with Gasteiger partial charge in [-0.25, -0.2) is 9.59 Å². The van der Waals surface area contributed by atoms with Gasteiger partial charge in [0.05, 0.1) is 0 Å². The molecule has 0 bridgehead atoms. The van der Waals surface area contributed by atoms with Gasteiger partial charge >= 0.3 is 11.9 Å². The SMILES string of the molecule is Cc1cc(C)c(C)c(OCCNC(C)(C)C)c1.O=C(O)C(=O)O. The third-order valence-corrected chi connectivity index (χ3v) is 2.96. The first-order valence-electron chi connectivity index (χ1n) is 7.36. The van der Waals surface area contributed by atoms with E-state index in [1.807, 2.05) is 0 Å². The number of hydrogen-bond acceptors (Lipinski definition) is 4. The highest BCUT2D eigenvalue weighted by Crippen LogP contribution is 2.23. The van der Waals surface area contributed by atoms with Crippen molar-refractivity contribution in [2.24, 2.45) is 0 Å². The summed E-state index contributed by atoms with van der Waals surface area (Å²) in [5.74, 6) is -2.64. The van der Waals surface area contributed by atoms with Crippen molar-refractivity contribution in [2.45, 2.75) is 47.1 Å². The number of benzene rings is 1. The van der Waals surface area contributed by atoms with Crippen molar-refractivity contribution in [2.75, 3.05) is 13.2 Å². The third kappa shape index (κ3) is 9.52. The zero-order chi connectivity index (χ0) is 18.2. The molecular formula is C17H27NO5. The van der Waals surface area contributed by atoms with E-state index in [9.17, 15) is 0 Å². The van der Waals surface area contributed by atoms with Crippen molar-refractivity contribution < 1.29 is 24.5 Å². The Morgan fingerprint density at radius 1 is 1.09 bits per heavy atom. The van der Waals surface area contributed by atoms with Crippen LogP contribution in [-0.4, -0.2) is 40.8 Å². The summed E-state index contributed by atoms with van der Waals surface area (Å²) < 4.78 is 5.83. The molecule has 1 aromatic rings. The molecule has 0 aliphatic heterocycles. The lowest BCUT2D eigenvalue weighted by Crippen LogP contribution is -2.38. The van der Waals surface area contributed by atoms with Gasteiger partial charge in [-0.05, 0) is 64.3 Å². The second-order valence-electron chi connectivity index (χ2n) is 6.34. The van der Waals surface area contributed by atoms with Crippen molar-refractivity contribution in [1.82, 2.24) is 5.32 Å². The molecule has 3 N–H and O–H groups in total. The summed E-state index contributed by atoms with van der Waals surface area (Å²) in [6.07, 6.45) is 0. The fourth-order valence-electron chi connectivity index (χ4n) is 1.74. The Morgan fingerprint density at radius 2 is 1.61 bits per heavy atom. The molecule has 23 heavy (non-hydrogen) atoms. The van der Waals surface area contributed by atoms with Crippen molar-refractivity contribution >= 4 is 11.9 Å². The number of aryl methyl sites for hydroxylation is 2. The van der Waals surface area contributed by atoms with Gasteiger partial charge in [-0.2, -0.15) is 0 Å². The molecule has 130 valence electrons. The molecule has 0 radical (unpaired) electrons. The predicted octanol–water partition coefficient (Wildman–Crippen LogP) is 2.53. The average Bonchev–Trinajstić information content (AvgIpc) is 2.39. The standard InChI is InChI=1S/C15H25NO.C2H2O4/c1-11-9-12(2)13(3)14(10-11)17-8-7-16-15(4,5)6;3-1(4)2(5)6/h9-10,16H,7-8H2,1-6H3;(H,3,4)(H,5,6). The number of rotatable bonds is 4. The van der Waals surface area contributed by atoms with E-state index in [0.29, 0.717) is 6.61 Å². The van der Waals surface area contributed by atoms with Gasteiger partial charge in [0.25, 0.3) is 0 Å². The van der Waals surface area contributed by atoms with Crippen LogP contribution in [-0.2, 0) is 9.59 Å². The molecule has 0 spiro atoms. The smallest absolute Gasteiger partial charge is 0.414 e. The molecule has 1 aromatic carbocycles. The highest BCUT2D eigenvalue weighted by Gasteiger charge is 2.08. The molecule has 0 atom stereocenters. The van der Waals surface area contributed by atoms with Crippen LogP contribution in [0, 0.1) is 20.8 Å². The normalized spacial score (nSPS) is 10.5. The number of carboxylic acid groups (broad SMARTS) is 2. The van der Waals surface area contributed by atoms with Crippen LogP contribution >= 0.6 is 0 Å². The lowest BCUT2D eigenvalue weighted by molar-refractivity contribution is -0.159. The van der Waals surface area contributed by atoms with Crippen LogP contribution in [0.15, 0.2) is 12.1 Å². The maximum absolute atomic E-state index is 9.10. The van der Waals surface area contributed by atoms with E-state index in [-0.39, 0.29) is 5.54 Å². The molecular weight excluding hydrogens is 298 g/mol. The minimum absolute atomic E-state index is 0.154. The molecule has 0 aromatic heterocycles. The first-order chi connectivity index (χ1) is 10.4. The van der Waals surface area contributed by atoms with Crippen LogP contribution in [0.4, 0.5) is 0 Å². The fraction of sp³-hybridized carbons (Fsp3) is 0.529. The number of nitrogens with one attached hydrogen (secondary N) is 1. The van der Waals surface area contributed by atoms with Gasteiger partial charge in [0.1, 0.15) is 12.4 Å². The van der Waals surface area contributed by atoms with Gasteiger partial charge in [0, 0.05) is 12.1 Å². The number of aliphatic carboxylic acids is 2. The Morgan fingerprint density at radius 3 is 2.04 bits per heavy atom. The van der Waals surface area contributed by atoms with Crippen LogP contribution in [0.5, 0.6) is 5.75 Å². The lowest BCUT2D eigenvalue weighted by atomic mass is 10.1. The van der Waals surface area contributed by atoms with Gasteiger partial charge in [0.2, 0.25) is 0 Å². The summed E-state index contributed by atoms with van der Waals surface area (Å²) in [5, 5.41) is 18.2. The molecule has 0 fully saturated rings. The van der Waals surface area contributed by atoms with Gasteiger partial charge < -0.3 is 20.3 Å². The maximum Gasteiger partial charge on any atom is 0.414 e. The minimum atomic E-state index is -1.82. The molecule has 0 aliphatic rings. The first kappa shape index (κ1) is 20.9. The molecule has 1 rings (SSSR count). The quantitative estimate of drug-likeness (QED) is 0.581. The number of ether oxygens (including phenoxy) is 1. The number of carbonyl (C=O) groups is 2. The zero-order valence-electron chi connectivity index (χ0n) is 14.7. The van der Waals surface area contributed by atoms with Crippen LogP contribution in [0.3, 0.4) is 0 Å². The van der Waals surface area contributed by atoms with E-state index < -0.39 is 11.9 Å². The molecule has 0 aliphatic carbocycles. The van der Waals surface area contributed by atoms with Crippen molar-refractivity contribution in [3.63, 3.8) is 0 Å². The Hall–Kier alpha value is -2.08. The van der Waals surface area contributed by atoms with Gasteiger partial charge in [-0.1, -0.05) is 6.07 Å². The van der Waals surface area contributed by atoms with Crippen LogP contribution in [0.25, 0.3) is 0 Å². The van der Waals surface area contributed by atoms with Crippen molar-refractivity contribution in [1.29, 1.82) is 0 Å². The molecule has 6 nitrogen and oxygen atoms in total. The first-order valence-corrected chi connectivity index (χ1v) is 7.36. The topological polar surface area (TPSA) is 95.9 Å². The highest BCUT2D eigenvalue weighted by molar-refractivity contribution is 6.27. The summed E-state index contributed by atoms with van der Waals surface area (Å²) in [5.41, 5.74) is 3.95. The van der Waals surface area contributed by atoms with E-state index in [4.69, 9.17) is 24.5 Å². The molecule has 0 amide bonds. The monoisotopic (exact) mass is 325 g/mol. The second kappa shape index (κ2) is 9.15. The predicted molar refractivity (Wildman–Crippen MR) is 89.2 cm³/mol. The molecule has 6 heteroatoms. The second-order valence-corrected chi connectivity index (χ2v) is 6.34. The van der Waals surface area contributed by atoms with Crippen molar-refractivity contribution in [3.8, 4) is 5.75 Å². The number of hydrogen-bond donors (Lipinski definition) is 3. The van der Waals surface area contributed by atoms with Gasteiger partial charge in [-0.15, -0.1) is 0 Å². The largest absolute Gasteiger partial charge is 0.492 e. The summed E-state index contributed by atoms with van der Waals surface area (Å²) in [4.78, 5) is 18.2. The van der Waals surface area contributed by atoms with E-state index >= 15 is 0 Å². The summed E-state index contributed by atoms with van der Waals surface area (Å²) in [6, 6.07) is 4.30. The minimum Gasteiger partial charge on any atom is -0.492 e.